The molecule has 2 fully saturated rings. The van der Waals surface area contributed by atoms with Crippen molar-refractivity contribution in [2.75, 3.05) is 0 Å². The maximum absolute atomic E-state index is 14.7. The van der Waals surface area contributed by atoms with Crippen molar-refractivity contribution in [2.45, 2.75) is 116 Å². The van der Waals surface area contributed by atoms with Crippen LogP contribution in [-0.2, 0) is 0 Å². The fraction of sp³-hybridized carbons (Fsp3) is 0.778. The van der Waals surface area contributed by atoms with Gasteiger partial charge in [0.05, 0.1) is 6.10 Å². The third kappa shape index (κ3) is 6.72. The lowest BCUT2D eigenvalue weighted by Gasteiger charge is -2.37. The molecule has 0 amide bonds. The van der Waals surface area contributed by atoms with Gasteiger partial charge in [-0.2, -0.15) is 0 Å². The Kier molecular flexibility index (Phi) is 8.87. The summed E-state index contributed by atoms with van der Waals surface area (Å²) in [5.41, 5.74) is 1.18. The Morgan fingerprint density at radius 3 is 2.21 bits per heavy atom. The van der Waals surface area contributed by atoms with Gasteiger partial charge in [-0.3, -0.25) is 0 Å². The Morgan fingerprint density at radius 1 is 0.931 bits per heavy atom. The second-order valence-electron chi connectivity index (χ2n) is 10.1. The fourth-order valence-corrected chi connectivity index (χ4v) is 5.68. The summed E-state index contributed by atoms with van der Waals surface area (Å²) in [6.07, 6.45) is 16.9. The van der Waals surface area contributed by atoms with Crippen LogP contribution in [-0.4, -0.2) is 6.10 Å². The first kappa shape index (κ1) is 22.6. The smallest absolute Gasteiger partial charge is 0.165 e. The van der Waals surface area contributed by atoms with Gasteiger partial charge in [0.2, 0.25) is 0 Å². The van der Waals surface area contributed by atoms with Crippen LogP contribution in [0.4, 0.5) is 4.39 Å². The quantitative estimate of drug-likeness (QED) is 0.375. The molecule has 3 rings (SSSR count). The number of benzene rings is 1. The molecule has 0 aromatic heterocycles. The Bertz CT molecular complexity index is 597. The van der Waals surface area contributed by atoms with Crippen molar-refractivity contribution in [1.29, 1.82) is 0 Å². The van der Waals surface area contributed by atoms with Gasteiger partial charge < -0.3 is 4.74 Å². The highest BCUT2D eigenvalue weighted by atomic mass is 19.1. The van der Waals surface area contributed by atoms with E-state index in [1.165, 1.54) is 76.2 Å². The maximum atomic E-state index is 14.7. The van der Waals surface area contributed by atoms with Gasteiger partial charge in [0.15, 0.2) is 11.6 Å². The lowest BCUT2D eigenvalue weighted by molar-refractivity contribution is 0.165. The third-order valence-corrected chi connectivity index (χ3v) is 7.72. The van der Waals surface area contributed by atoms with E-state index < -0.39 is 0 Å². The van der Waals surface area contributed by atoms with Crippen molar-refractivity contribution < 1.29 is 9.13 Å². The van der Waals surface area contributed by atoms with Crippen molar-refractivity contribution in [1.82, 2.24) is 0 Å². The Balaban J connectivity index is 1.46. The monoisotopic (exact) mass is 402 g/mol. The van der Waals surface area contributed by atoms with E-state index in [2.05, 4.69) is 26.8 Å². The van der Waals surface area contributed by atoms with E-state index in [0.29, 0.717) is 11.7 Å². The molecule has 1 nitrogen and oxygen atoms in total. The Morgan fingerprint density at radius 2 is 1.59 bits per heavy atom. The van der Waals surface area contributed by atoms with Crippen LogP contribution in [0.25, 0.3) is 0 Å². The molecule has 2 aliphatic carbocycles. The van der Waals surface area contributed by atoms with E-state index in [9.17, 15) is 4.39 Å². The second kappa shape index (κ2) is 11.4. The molecule has 0 bridgehead atoms. The zero-order valence-corrected chi connectivity index (χ0v) is 19.1. The number of hydrogen-bond donors (Lipinski definition) is 0. The standard InChI is InChI=1S/C27H43FO/c1-4-5-6-7-8-21(3)29-27-18-17-25(19-26(27)28)24-15-13-23(14-16-24)22-11-9-20(2)10-12-22/h17-24H,4-16H2,1-3H3. The van der Waals surface area contributed by atoms with Crippen molar-refractivity contribution in [3.05, 3.63) is 29.6 Å². The molecule has 0 aliphatic heterocycles. The first-order valence-electron chi connectivity index (χ1n) is 12.5. The van der Waals surface area contributed by atoms with E-state index in [1.807, 2.05) is 6.07 Å². The summed E-state index contributed by atoms with van der Waals surface area (Å²) in [6, 6.07) is 5.75. The van der Waals surface area contributed by atoms with E-state index in [-0.39, 0.29) is 11.9 Å². The number of hydrogen-bond acceptors (Lipinski definition) is 1. The van der Waals surface area contributed by atoms with E-state index in [4.69, 9.17) is 4.74 Å². The molecular formula is C27H43FO. The zero-order chi connectivity index (χ0) is 20.6. The van der Waals surface area contributed by atoms with Crippen molar-refractivity contribution in [2.24, 2.45) is 17.8 Å². The number of rotatable bonds is 9. The highest BCUT2D eigenvalue weighted by Gasteiger charge is 2.30. The van der Waals surface area contributed by atoms with Crippen molar-refractivity contribution in [3.8, 4) is 5.75 Å². The third-order valence-electron chi connectivity index (χ3n) is 7.72. The molecule has 2 heteroatoms. The minimum Gasteiger partial charge on any atom is -0.488 e. The maximum Gasteiger partial charge on any atom is 0.165 e. The summed E-state index contributed by atoms with van der Waals surface area (Å²) >= 11 is 0. The summed E-state index contributed by atoms with van der Waals surface area (Å²) in [5.74, 6) is 3.60. The molecule has 1 aromatic carbocycles. The normalized spacial score (nSPS) is 28.8. The van der Waals surface area contributed by atoms with Crippen LogP contribution in [0.1, 0.15) is 116 Å². The van der Waals surface area contributed by atoms with Gasteiger partial charge in [-0.15, -0.1) is 0 Å². The molecule has 1 atom stereocenters. The topological polar surface area (TPSA) is 9.23 Å². The fourth-order valence-electron chi connectivity index (χ4n) is 5.68. The summed E-state index contributed by atoms with van der Waals surface area (Å²) in [4.78, 5) is 0. The molecule has 0 N–H and O–H groups in total. The molecule has 29 heavy (non-hydrogen) atoms. The van der Waals surface area contributed by atoms with Gasteiger partial charge in [-0.25, -0.2) is 4.39 Å². The molecule has 0 saturated heterocycles. The molecule has 0 radical (unpaired) electrons. The van der Waals surface area contributed by atoms with Crippen molar-refractivity contribution in [3.63, 3.8) is 0 Å². The summed E-state index contributed by atoms with van der Waals surface area (Å²) < 4.78 is 20.6. The van der Waals surface area contributed by atoms with E-state index >= 15 is 0 Å². The average Bonchev–Trinajstić information content (AvgIpc) is 2.73. The SMILES string of the molecule is CCCCCCC(C)Oc1ccc(C2CCC(C3CCC(C)CC3)CC2)cc1F. The lowest BCUT2D eigenvalue weighted by Crippen LogP contribution is -2.24. The van der Waals surface area contributed by atoms with Crippen LogP contribution in [0.3, 0.4) is 0 Å². The summed E-state index contributed by atoms with van der Waals surface area (Å²) in [5, 5.41) is 0. The van der Waals surface area contributed by atoms with Crippen LogP contribution in [0.5, 0.6) is 5.75 Å². The largest absolute Gasteiger partial charge is 0.488 e. The number of halogens is 1. The highest BCUT2D eigenvalue weighted by molar-refractivity contribution is 5.31. The van der Waals surface area contributed by atoms with Crippen LogP contribution in [0.2, 0.25) is 0 Å². The van der Waals surface area contributed by atoms with Gasteiger partial charge in [-0.05, 0) is 99.7 Å². The van der Waals surface area contributed by atoms with Gasteiger partial charge in [-0.1, -0.05) is 52.0 Å². The number of unbranched alkanes of at least 4 members (excludes halogenated alkanes) is 3. The predicted molar refractivity (Wildman–Crippen MR) is 121 cm³/mol. The van der Waals surface area contributed by atoms with E-state index in [0.717, 1.165) is 30.6 Å². The van der Waals surface area contributed by atoms with Gasteiger partial charge in [0, 0.05) is 0 Å². The lowest BCUT2D eigenvalue weighted by atomic mass is 9.68. The predicted octanol–water partition coefficient (Wildman–Crippen LogP) is 8.66. The molecule has 1 aromatic rings. The zero-order valence-electron chi connectivity index (χ0n) is 19.1. The minimum atomic E-state index is -0.175. The van der Waals surface area contributed by atoms with Crippen LogP contribution >= 0.6 is 0 Å². The first-order valence-corrected chi connectivity index (χ1v) is 12.5. The molecular weight excluding hydrogens is 359 g/mol. The first-order chi connectivity index (χ1) is 14.1. The Labute approximate surface area is 178 Å². The van der Waals surface area contributed by atoms with Crippen LogP contribution < -0.4 is 4.74 Å². The molecule has 164 valence electrons. The molecule has 2 aliphatic rings. The van der Waals surface area contributed by atoms with Crippen molar-refractivity contribution >= 4 is 0 Å². The summed E-state index contributed by atoms with van der Waals surface area (Å²) in [7, 11) is 0. The van der Waals surface area contributed by atoms with Gasteiger partial charge in [0.1, 0.15) is 0 Å². The van der Waals surface area contributed by atoms with Gasteiger partial charge >= 0.3 is 0 Å². The average molecular weight is 403 g/mol. The number of ether oxygens (including phenoxy) is 1. The highest BCUT2D eigenvalue weighted by Crippen LogP contribution is 2.44. The molecule has 0 spiro atoms. The molecule has 2 saturated carbocycles. The van der Waals surface area contributed by atoms with E-state index in [1.54, 1.807) is 6.07 Å². The minimum absolute atomic E-state index is 0.0841. The Hall–Kier alpha value is -1.05. The van der Waals surface area contributed by atoms with Crippen LogP contribution in [0, 0.1) is 23.6 Å². The second-order valence-corrected chi connectivity index (χ2v) is 10.1. The van der Waals surface area contributed by atoms with Gasteiger partial charge in [0.25, 0.3) is 0 Å². The molecule has 1 unspecified atom stereocenters. The molecule has 0 heterocycles. The summed E-state index contributed by atoms with van der Waals surface area (Å²) in [6.45, 7) is 6.69. The van der Waals surface area contributed by atoms with Crippen LogP contribution in [0.15, 0.2) is 18.2 Å².